The molecule has 0 amide bonds. The van der Waals surface area contributed by atoms with Gasteiger partial charge in [0.05, 0.1) is 5.01 Å². The number of aryl methyl sites for hydroxylation is 1. The summed E-state index contributed by atoms with van der Waals surface area (Å²) in [6, 6.07) is 2.04. The first kappa shape index (κ1) is 8.02. The van der Waals surface area contributed by atoms with Gasteiger partial charge < -0.3 is 5.32 Å². The highest BCUT2D eigenvalue weighted by Crippen LogP contribution is 2.23. The Morgan fingerprint density at radius 3 is 2.82 bits per heavy atom. The summed E-state index contributed by atoms with van der Waals surface area (Å²) < 4.78 is 0. The third-order valence-corrected chi connectivity index (χ3v) is 2.52. The van der Waals surface area contributed by atoms with Gasteiger partial charge >= 0.3 is 0 Å². The molecule has 11 heavy (non-hydrogen) atoms. The number of hydrogen-bond donors (Lipinski definition) is 1. The fraction of sp³-hybridized carbons (Fsp3) is 0.429. The third-order valence-electron chi connectivity index (χ3n) is 1.31. The van der Waals surface area contributed by atoms with Crippen LogP contribution in [0.4, 0.5) is 5.00 Å². The zero-order valence-corrected chi connectivity index (χ0v) is 7.33. The summed E-state index contributed by atoms with van der Waals surface area (Å²) >= 11 is 1.54. The van der Waals surface area contributed by atoms with Gasteiger partial charge in [0.15, 0.2) is 5.69 Å². The smallest absolute Gasteiger partial charge is 0.175 e. The van der Waals surface area contributed by atoms with E-state index in [1.165, 1.54) is 11.3 Å². The molecule has 1 aromatic rings. The fourth-order valence-electron chi connectivity index (χ4n) is 0.761. The van der Waals surface area contributed by atoms with Crippen molar-refractivity contribution in [3.8, 4) is 6.07 Å². The average Bonchev–Trinajstić information content (AvgIpc) is 2.46. The lowest BCUT2D eigenvalue weighted by Crippen LogP contribution is -1.86. The zero-order valence-electron chi connectivity index (χ0n) is 6.51. The summed E-state index contributed by atoms with van der Waals surface area (Å²) in [5.41, 5.74) is 0.509. The lowest BCUT2D eigenvalue weighted by molar-refractivity contribution is 1.08. The minimum absolute atomic E-state index is 0.509. The van der Waals surface area contributed by atoms with Gasteiger partial charge in [-0.05, 0) is 6.42 Å². The lowest BCUT2D eigenvalue weighted by atomic mass is 10.5. The maximum Gasteiger partial charge on any atom is 0.175 e. The van der Waals surface area contributed by atoms with Crippen LogP contribution in [0.3, 0.4) is 0 Å². The summed E-state index contributed by atoms with van der Waals surface area (Å²) in [7, 11) is 1.80. The number of aromatic nitrogens is 1. The molecule has 0 aliphatic carbocycles. The van der Waals surface area contributed by atoms with E-state index >= 15 is 0 Å². The molecule has 1 aromatic heterocycles. The molecule has 0 unspecified atom stereocenters. The van der Waals surface area contributed by atoms with Crippen molar-refractivity contribution in [2.75, 3.05) is 12.4 Å². The Balaban J connectivity index is 3.05. The Hall–Kier alpha value is -1.08. The molecule has 3 nitrogen and oxygen atoms in total. The fourth-order valence-corrected chi connectivity index (χ4v) is 1.57. The van der Waals surface area contributed by atoms with Crippen LogP contribution in [0.5, 0.6) is 0 Å². The zero-order chi connectivity index (χ0) is 8.27. The monoisotopic (exact) mass is 167 g/mol. The highest BCUT2D eigenvalue weighted by Gasteiger charge is 2.06. The molecule has 0 saturated heterocycles. The van der Waals surface area contributed by atoms with E-state index in [-0.39, 0.29) is 0 Å². The molecule has 0 aromatic carbocycles. The van der Waals surface area contributed by atoms with Crippen molar-refractivity contribution < 1.29 is 0 Å². The quantitative estimate of drug-likeness (QED) is 0.728. The second-order valence-electron chi connectivity index (χ2n) is 2.00. The largest absolute Gasteiger partial charge is 0.378 e. The molecule has 0 aliphatic rings. The SMILES string of the molecule is CCc1nc(C#N)c(NC)s1. The van der Waals surface area contributed by atoms with E-state index in [0.29, 0.717) is 5.69 Å². The van der Waals surface area contributed by atoms with E-state index in [1.807, 2.05) is 13.0 Å². The van der Waals surface area contributed by atoms with Crippen molar-refractivity contribution in [3.05, 3.63) is 10.7 Å². The average molecular weight is 167 g/mol. The van der Waals surface area contributed by atoms with Crippen molar-refractivity contribution >= 4 is 16.3 Å². The molecule has 0 atom stereocenters. The van der Waals surface area contributed by atoms with Crippen LogP contribution in [0, 0.1) is 11.3 Å². The highest BCUT2D eigenvalue weighted by molar-refractivity contribution is 7.15. The van der Waals surface area contributed by atoms with Gasteiger partial charge in [-0.15, -0.1) is 11.3 Å². The maximum absolute atomic E-state index is 8.61. The number of nitrogens with zero attached hydrogens (tertiary/aromatic N) is 2. The Labute approximate surface area is 69.7 Å². The summed E-state index contributed by atoms with van der Waals surface area (Å²) in [5, 5.41) is 13.4. The van der Waals surface area contributed by atoms with Gasteiger partial charge in [0.1, 0.15) is 11.1 Å². The first-order valence-electron chi connectivity index (χ1n) is 3.39. The molecule has 1 heterocycles. The predicted octanol–water partition coefficient (Wildman–Crippen LogP) is 1.62. The van der Waals surface area contributed by atoms with Crippen molar-refractivity contribution in [1.29, 1.82) is 5.26 Å². The Kier molecular flexibility index (Phi) is 2.44. The molecule has 0 saturated carbocycles. The number of nitrogens with one attached hydrogen (secondary N) is 1. The van der Waals surface area contributed by atoms with E-state index in [1.54, 1.807) is 7.05 Å². The van der Waals surface area contributed by atoms with E-state index in [9.17, 15) is 0 Å². The standard InChI is InChI=1S/C7H9N3S/c1-3-6-10-5(4-8)7(9-2)11-6/h9H,3H2,1-2H3. The molecule has 0 spiro atoms. The molecular weight excluding hydrogens is 158 g/mol. The van der Waals surface area contributed by atoms with Crippen LogP contribution in [0.2, 0.25) is 0 Å². The molecule has 4 heteroatoms. The molecule has 0 bridgehead atoms. The van der Waals surface area contributed by atoms with E-state index in [0.717, 1.165) is 16.4 Å². The summed E-state index contributed by atoms with van der Waals surface area (Å²) in [6.07, 6.45) is 0.890. The van der Waals surface area contributed by atoms with Gasteiger partial charge in [-0.3, -0.25) is 0 Å². The number of anilines is 1. The highest BCUT2D eigenvalue weighted by atomic mass is 32.1. The molecule has 0 radical (unpaired) electrons. The molecule has 58 valence electrons. The van der Waals surface area contributed by atoms with Crippen molar-refractivity contribution in [1.82, 2.24) is 4.98 Å². The Bertz CT molecular complexity index is 284. The second kappa shape index (κ2) is 3.35. The Morgan fingerprint density at radius 1 is 1.73 bits per heavy atom. The summed E-state index contributed by atoms with van der Waals surface area (Å²) in [4.78, 5) is 4.11. The van der Waals surface area contributed by atoms with Gasteiger partial charge in [-0.25, -0.2) is 4.98 Å². The number of nitriles is 1. The van der Waals surface area contributed by atoms with Crippen molar-refractivity contribution in [2.45, 2.75) is 13.3 Å². The predicted molar refractivity (Wildman–Crippen MR) is 45.8 cm³/mol. The molecule has 0 aliphatic heterocycles. The van der Waals surface area contributed by atoms with Crippen molar-refractivity contribution in [3.63, 3.8) is 0 Å². The van der Waals surface area contributed by atoms with Crippen molar-refractivity contribution in [2.24, 2.45) is 0 Å². The molecule has 1 N–H and O–H groups in total. The van der Waals surface area contributed by atoms with Crippen LogP contribution in [0.1, 0.15) is 17.6 Å². The van der Waals surface area contributed by atoms with Gasteiger partial charge in [-0.1, -0.05) is 6.92 Å². The molecule has 0 fully saturated rings. The van der Waals surface area contributed by atoms with Crippen LogP contribution in [-0.2, 0) is 6.42 Å². The van der Waals surface area contributed by atoms with Crippen LogP contribution in [0.25, 0.3) is 0 Å². The topological polar surface area (TPSA) is 48.7 Å². The van der Waals surface area contributed by atoms with E-state index in [4.69, 9.17) is 5.26 Å². The minimum Gasteiger partial charge on any atom is -0.378 e. The number of rotatable bonds is 2. The van der Waals surface area contributed by atoms with Gasteiger partial charge in [-0.2, -0.15) is 5.26 Å². The van der Waals surface area contributed by atoms with Crippen LogP contribution < -0.4 is 5.32 Å². The minimum atomic E-state index is 0.509. The van der Waals surface area contributed by atoms with E-state index in [2.05, 4.69) is 10.3 Å². The normalized spacial score (nSPS) is 9.18. The lowest BCUT2D eigenvalue weighted by Gasteiger charge is -1.89. The first-order chi connectivity index (χ1) is 5.31. The Morgan fingerprint density at radius 2 is 2.45 bits per heavy atom. The van der Waals surface area contributed by atoms with Gasteiger partial charge in [0.2, 0.25) is 0 Å². The second-order valence-corrected chi connectivity index (χ2v) is 3.08. The summed E-state index contributed by atoms with van der Waals surface area (Å²) in [5.74, 6) is 0. The first-order valence-corrected chi connectivity index (χ1v) is 4.21. The van der Waals surface area contributed by atoms with Crippen LogP contribution >= 0.6 is 11.3 Å². The number of hydrogen-bond acceptors (Lipinski definition) is 4. The molecule has 1 rings (SSSR count). The van der Waals surface area contributed by atoms with Gasteiger partial charge in [0.25, 0.3) is 0 Å². The maximum atomic E-state index is 8.61. The number of thiazole rings is 1. The molecular formula is C7H9N3S. The third kappa shape index (κ3) is 1.49. The van der Waals surface area contributed by atoms with Crippen LogP contribution in [-0.4, -0.2) is 12.0 Å². The van der Waals surface area contributed by atoms with E-state index < -0.39 is 0 Å². The van der Waals surface area contributed by atoms with Crippen LogP contribution in [0.15, 0.2) is 0 Å². The summed E-state index contributed by atoms with van der Waals surface area (Å²) in [6.45, 7) is 2.03. The van der Waals surface area contributed by atoms with Gasteiger partial charge in [0, 0.05) is 7.05 Å².